The van der Waals surface area contributed by atoms with Crippen molar-refractivity contribution in [3.05, 3.63) is 46.3 Å². The molecule has 1 atom stereocenters. The smallest absolute Gasteiger partial charge is 0.333 e. The average Bonchev–Trinajstić information content (AvgIpc) is 3.17. The average molecular weight is 330 g/mol. The van der Waals surface area contributed by atoms with Gasteiger partial charge in [-0.3, -0.25) is 14.8 Å². The summed E-state index contributed by atoms with van der Waals surface area (Å²) in [6.45, 7) is 3.87. The number of nitrogens with zero attached hydrogens (tertiary/aromatic N) is 4. The zero-order valence-electron chi connectivity index (χ0n) is 14.0. The van der Waals surface area contributed by atoms with Gasteiger partial charge in [0.15, 0.2) is 5.75 Å². The summed E-state index contributed by atoms with van der Waals surface area (Å²) in [5.74, 6) is 0.820. The molecule has 1 aliphatic rings. The van der Waals surface area contributed by atoms with Crippen LogP contribution in [-0.4, -0.2) is 34.4 Å². The molecule has 7 nitrogen and oxygen atoms in total. The Labute approximate surface area is 141 Å². The van der Waals surface area contributed by atoms with E-state index in [4.69, 9.17) is 4.74 Å². The highest BCUT2D eigenvalue weighted by molar-refractivity contribution is 5.70. The lowest BCUT2D eigenvalue weighted by molar-refractivity contribution is -0.385. The highest BCUT2D eigenvalue weighted by Crippen LogP contribution is 2.39. The van der Waals surface area contributed by atoms with Crippen LogP contribution in [0.3, 0.4) is 0 Å². The van der Waals surface area contributed by atoms with E-state index in [1.807, 2.05) is 38.5 Å². The number of nitro benzene ring substituents is 1. The molecule has 1 aromatic heterocycles. The fraction of sp³-hybridized carbons (Fsp3) is 0.471. The van der Waals surface area contributed by atoms with Crippen molar-refractivity contribution in [2.75, 3.05) is 24.6 Å². The number of para-hydroxylation sites is 1. The molecule has 1 unspecified atom stereocenters. The number of rotatable bonds is 6. The van der Waals surface area contributed by atoms with E-state index in [9.17, 15) is 10.1 Å². The van der Waals surface area contributed by atoms with E-state index in [1.165, 1.54) is 5.56 Å². The normalized spacial score (nSPS) is 17.2. The van der Waals surface area contributed by atoms with Crippen LogP contribution in [0.5, 0.6) is 5.75 Å². The second kappa shape index (κ2) is 6.90. The quantitative estimate of drug-likeness (QED) is 0.601. The Balaban J connectivity index is 1.77. The summed E-state index contributed by atoms with van der Waals surface area (Å²) in [6, 6.07) is 5.29. The van der Waals surface area contributed by atoms with Gasteiger partial charge in [-0.1, -0.05) is 6.07 Å². The van der Waals surface area contributed by atoms with Crippen LogP contribution in [0, 0.1) is 16.0 Å². The highest BCUT2D eigenvalue weighted by Gasteiger charge is 2.30. The standard InChI is InChI=1S/C17H22N4O3/c1-3-24-16-6-4-5-15(17(16)21(22)23)20-8-7-13(12-20)9-14-10-18-19(2)11-14/h4-6,10-11,13H,3,7-9,12H2,1-2H3. The van der Waals surface area contributed by atoms with Gasteiger partial charge < -0.3 is 9.64 Å². The summed E-state index contributed by atoms with van der Waals surface area (Å²) in [4.78, 5) is 13.3. The first kappa shape index (κ1) is 16.3. The molecular weight excluding hydrogens is 308 g/mol. The van der Waals surface area contributed by atoms with E-state index in [2.05, 4.69) is 10.00 Å². The van der Waals surface area contributed by atoms with E-state index < -0.39 is 0 Å². The zero-order valence-corrected chi connectivity index (χ0v) is 14.0. The minimum Gasteiger partial charge on any atom is -0.487 e. The molecule has 2 aromatic rings. The van der Waals surface area contributed by atoms with E-state index in [0.29, 0.717) is 24.0 Å². The van der Waals surface area contributed by atoms with Gasteiger partial charge in [0, 0.05) is 26.3 Å². The molecule has 7 heteroatoms. The first-order valence-corrected chi connectivity index (χ1v) is 8.21. The third kappa shape index (κ3) is 3.34. The molecule has 1 aromatic carbocycles. The molecule has 1 aliphatic heterocycles. The number of aromatic nitrogens is 2. The van der Waals surface area contributed by atoms with Crippen molar-refractivity contribution < 1.29 is 9.66 Å². The number of ether oxygens (including phenoxy) is 1. The van der Waals surface area contributed by atoms with E-state index >= 15 is 0 Å². The van der Waals surface area contributed by atoms with Crippen molar-refractivity contribution in [3.63, 3.8) is 0 Å². The number of aryl methyl sites for hydroxylation is 1. The third-order valence-corrected chi connectivity index (χ3v) is 4.37. The lowest BCUT2D eigenvalue weighted by atomic mass is 10.0. The van der Waals surface area contributed by atoms with Crippen molar-refractivity contribution >= 4 is 11.4 Å². The van der Waals surface area contributed by atoms with Crippen LogP contribution in [0.15, 0.2) is 30.6 Å². The Morgan fingerprint density at radius 2 is 2.29 bits per heavy atom. The first-order valence-electron chi connectivity index (χ1n) is 8.21. The van der Waals surface area contributed by atoms with Gasteiger partial charge in [0.05, 0.1) is 17.7 Å². The highest BCUT2D eigenvalue weighted by atomic mass is 16.6. The van der Waals surface area contributed by atoms with Crippen LogP contribution in [0.2, 0.25) is 0 Å². The number of hydrogen-bond acceptors (Lipinski definition) is 5. The Hall–Kier alpha value is -2.57. The minimum atomic E-state index is -0.339. The summed E-state index contributed by atoms with van der Waals surface area (Å²) in [7, 11) is 1.91. The molecule has 3 rings (SSSR count). The van der Waals surface area contributed by atoms with Crippen LogP contribution < -0.4 is 9.64 Å². The SMILES string of the molecule is CCOc1cccc(N2CCC(Cc3cnn(C)c3)C2)c1[N+](=O)[O-]. The van der Waals surface area contributed by atoms with Crippen LogP contribution in [0.25, 0.3) is 0 Å². The topological polar surface area (TPSA) is 73.4 Å². The largest absolute Gasteiger partial charge is 0.487 e. The van der Waals surface area contributed by atoms with Crippen molar-refractivity contribution in [1.29, 1.82) is 0 Å². The number of hydrogen-bond donors (Lipinski definition) is 0. The number of nitro groups is 1. The molecule has 1 saturated heterocycles. The van der Waals surface area contributed by atoms with Crippen molar-refractivity contribution in [3.8, 4) is 5.75 Å². The van der Waals surface area contributed by atoms with Crippen LogP contribution in [-0.2, 0) is 13.5 Å². The van der Waals surface area contributed by atoms with E-state index in [0.717, 1.165) is 25.9 Å². The van der Waals surface area contributed by atoms with Crippen molar-refractivity contribution in [2.24, 2.45) is 13.0 Å². The monoisotopic (exact) mass is 330 g/mol. The summed E-state index contributed by atoms with van der Waals surface area (Å²) >= 11 is 0. The maximum absolute atomic E-state index is 11.5. The number of anilines is 1. The Kier molecular flexibility index (Phi) is 4.69. The second-order valence-corrected chi connectivity index (χ2v) is 6.14. The molecule has 0 spiro atoms. The molecule has 24 heavy (non-hydrogen) atoms. The number of benzene rings is 1. The van der Waals surface area contributed by atoms with Gasteiger partial charge >= 0.3 is 5.69 Å². The molecule has 0 saturated carbocycles. The second-order valence-electron chi connectivity index (χ2n) is 6.14. The molecule has 0 aliphatic carbocycles. The molecule has 0 N–H and O–H groups in total. The maximum atomic E-state index is 11.5. The molecule has 2 heterocycles. The van der Waals surface area contributed by atoms with Gasteiger partial charge in [0.1, 0.15) is 5.69 Å². The summed E-state index contributed by atoms with van der Waals surface area (Å²) in [5.41, 5.74) is 1.93. The van der Waals surface area contributed by atoms with Gasteiger partial charge in [-0.15, -0.1) is 0 Å². The molecule has 1 fully saturated rings. The minimum absolute atomic E-state index is 0.0707. The fourth-order valence-electron chi connectivity index (χ4n) is 3.35. The predicted molar refractivity (Wildman–Crippen MR) is 91.5 cm³/mol. The maximum Gasteiger partial charge on any atom is 0.333 e. The van der Waals surface area contributed by atoms with Gasteiger partial charge in [-0.2, -0.15) is 5.10 Å². The lowest BCUT2D eigenvalue weighted by Gasteiger charge is -2.19. The van der Waals surface area contributed by atoms with Gasteiger partial charge in [-0.05, 0) is 43.4 Å². The van der Waals surface area contributed by atoms with Gasteiger partial charge in [0.2, 0.25) is 0 Å². The fourth-order valence-corrected chi connectivity index (χ4v) is 3.35. The Morgan fingerprint density at radius 3 is 2.96 bits per heavy atom. The van der Waals surface area contributed by atoms with Crippen LogP contribution in [0.4, 0.5) is 11.4 Å². The predicted octanol–water partition coefficient (Wildman–Crippen LogP) is 2.80. The van der Waals surface area contributed by atoms with Gasteiger partial charge in [0.25, 0.3) is 0 Å². The Morgan fingerprint density at radius 1 is 1.46 bits per heavy atom. The molecule has 128 valence electrons. The van der Waals surface area contributed by atoms with Crippen LogP contribution >= 0.6 is 0 Å². The van der Waals surface area contributed by atoms with Crippen molar-refractivity contribution in [1.82, 2.24) is 9.78 Å². The molecule has 0 radical (unpaired) electrons. The summed E-state index contributed by atoms with van der Waals surface area (Å²) in [6.07, 6.45) is 5.88. The Bertz CT molecular complexity index is 728. The molecular formula is C17H22N4O3. The molecule has 0 bridgehead atoms. The van der Waals surface area contributed by atoms with E-state index in [-0.39, 0.29) is 10.6 Å². The van der Waals surface area contributed by atoms with Gasteiger partial charge in [-0.25, -0.2) is 0 Å². The summed E-state index contributed by atoms with van der Waals surface area (Å²) < 4.78 is 7.25. The molecule has 0 amide bonds. The zero-order chi connectivity index (χ0) is 17.1. The van der Waals surface area contributed by atoms with E-state index in [1.54, 1.807) is 10.7 Å². The third-order valence-electron chi connectivity index (χ3n) is 4.37. The van der Waals surface area contributed by atoms with Crippen molar-refractivity contribution in [2.45, 2.75) is 19.8 Å². The first-order chi connectivity index (χ1) is 11.6. The summed E-state index contributed by atoms with van der Waals surface area (Å²) in [5, 5.41) is 15.7. The van der Waals surface area contributed by atoms with Crippen LogP contribution in [0.1, 0.15) is 18.9 Å². The lowest BCUT2D eigenvalue weighted by Crippen LogP contribution is -2.21.